The monoisotopic (exact) mass is 243 g/mol. The van der Waals surface area contributed by atoms with Crippen molar-refractivity contribution in [2.45, 2.75) is 0 Å². The molecule has 0 saturated heterocycles. The SMILES string of the molecule is CN(C(=O)c1cc(O)ccc1N)c1ccccn1. The van der Waals surface area contributed by atoms with Gasteiger partial charge in [0.1, 0.15) is 11.6 Å². The summed E-state index contributed by atoms with van der Waals surface area (Å²) in [7, 11) is 1.61. The van der Waals surface area contributed by atoms with E-state index >= 15 is 0 Å². The summed E-state index contributed by atoms with van der Waals surface area (Å²) < 4.78 is 0. The maximum Gasteiger partial charge on any atom is 0.261 e. The van der Waals surface area contributed by atoms with E-state index < -0.39 is 0 Å². The van der Waals surface area contributed by atoms with Gasteiger partial charge in [-0.15, -0.1) is 0 Å². The molecule has 2 aromatic rings. The maximum atomic E-state index is 12.2. The number of carbonyl (C=O) groups excluding carboxylic acids is 1. The van der Waals surface area contributed by atoms with E-state index in [1.807, 2.05) is 0 Å². The summed E-state index contributed by atoms with van der Waals surface area (Å²) in [5.74, 6) is 0.203. The van der Waals surface area contributed by atoms with Crippen LogP contribution < -0.4 is 10.6 Å². The minimum Gasteiger partial charge on any atom is -0.508 e. The highest BCUT2D eigenvalue weighted by molar-refractivity contribution is 6.08. The van der Waals surface area contributed by atoms with Gasteiger partial charge in [0.25, 0.3) is 5.91 Å². The lowest BCUT2D eigenvalue weighted by Crippen LogP contribution is -2.27. The average molecular weight is 243 g/mol. The standard InChI is InChI=1S/C13H13N3O2/c1-16(12-4-2-3-7-15-12)13(18)10-8-9(17)5-6-11(10)14/h2-8,17H,14H2,1H3. The van der Waals surface area contributed by atoms with Gasteiger partial charge in [-0.2, -0.15) is 0 Å². The summed E-state index contributed by atoms with van der Waals surface area (Å²) in [6.45, 7) is 0. The number of phenolic OH excluding ortho intramolecular Hbond substituents is 1. The van der Waals surface area contributed by atoms with Crippen molar-refractivity contribution in [3.05, 3.63) is 48.2 Å². The van der Waals surface area contributed by atoms with Crippen LogP contribution in [0.2, 0.25) is 0 Å². The lowest BCUT2D eigenvalue weighted by atomic mass is 10.1. The number of aromatic hydroxyl groups is 1. The van der Waals surface area contributed by atoms with Crippen molar-refractivity contribution < 1.29 is 9.90 Å². The maximum absolute atomic E-state index is 12.2. The fourth-order valence-electron chi connectivity index (χ4n) is 1.57. The summed E-state index contributed by atoms with van der Waals surface area (Å²) in [4.78, 5) is 17.7. The van der Waals surface area contributed by atoms with Crippen molar-refractivity contribution in [3.63, 3.8) is 0 Å². The molecule has 1 amide bonds. The zero-order valence-electron chi connectivity index (χ0n) is 9.87. The number of amides is 1. The first-order valence-corrected chi connectivity index (χ1v) is 5.37. The Kier molecular flexibility index (Phi) is 3.14. The van der Waals surface area contributed by atoms with Gasteiger partial charge in [0.05, 0.1) is 5.56 Å². The molecular weight excluding hydrogens is 230 g/mol. The predicted octanol–water partition coefficient (Wildman–Crippen LogP) is 1.65. The number of nitrogens with zero attached hydrogens (tertiary/aromatic N) is 2. The van der Waals surface area contributed by atoms with Crippen LogP contribution in [0.15, 0.2) is 42.6 Å². The summed E-state index contributed by atoms with van der Waals surface area (Å²) in [6.07, 6.45) is 1.60. The van der Waals surface area contributed by atoms with Gasteiger partial charge < -0.3 is 10.8 Å². The number of pyridine rings is 1. The van der Waals surface area contributed by atoms with E-state index in [1.54, 1.807) is 31.4 Å². The molecule has 0 aliphatic heterocycles. The Morgan fingerprint density at radius 3 is 2.78 bits per heavy atom. The van der Waals surface area contributed by atoms with Crippen molar-refractivity contribution in [3.8, 4) is 5.75 Å². The molecule has 0 fully saturated rings. The minimum absolute atomic E-state index is 0.00182. The number of hydrogen-bond donors (Lipinski definition) is 2. The van der Waals surface area contributed by atoms with Crippen molar-refractivity contribution in [1.29, 1.82) is 0 Å². The third kappa shape index (κ3) is 2.24. The predicted molar refractivity (Wildman–Crippen MR) is 69.5 cm³/mol. The highest BCUT2D eigenvalue weighted by Crippen LogP contribution is 2.21. The van der Waals surface area contributed by atoms with E-state index in [0.29, 0.717) is 11.5 Å². The molecule has 0 aliphatic rings. The van der Waals surface area contributed by atoms with E-state index in [2.05, 4.69) is 4.98 Å². The normalized spacial score (nSPS) is 10.1. The average Bonchev–Trinajstić information content (AvgIpc) is 2.41. The second-order valence-electron chi connectivity index (χ2n) is 3.82. The van der Waals surface area contributed by atoms with Crippen LogP contribution in [0.3, 0.4) is 0 Å². The molecule has 0 spiro atoms. The van der Waals surface area contributed by atoms with Gasteiger partial charge in [-0.25, -0.2) is 4.98 Å². The van der Waals surface area contributed by atoms with Crippen LogP contribution in [0.1, 0.15) is 10.4 Å². The molecule has 1 aromatic carbocycles. The third-order valence-electron chi connectivity index (χ3n) is 2.56. The first-order chi connectivity index (χ1) is 8.59. The van der Waals surface area contributed by atoms with Gasteiger partial charge in [0, 0.05) is 18.9 Å². The van der Waals surface area contributed by atoms with E-state index in [4.69, 9.17) is 5.73 Å². The molecule has 5 nitrogen and oxygen atoms in total. The highest BCUT2D eigenvalue weighted by atomic mass is 16.3. The second-order valence-corrected chi connectivity index (χ2v) is 3.82. The molecule has 0 bridgehead atoms. The number of aromatic nitrogens is 1. The number of hydrogen-bond acceptors (Lipinski definition) is 4. The smallest absolute Gasteiger partial charge is 0.261 e. The Balaban J connectivity index is 2.34. The zero-order chi connectivity index (χ0) is 13.1. The quantitative estimate of drug-likeness (QED) is 0.620. The third-order valence-corrected chi connectivity index (χ3v) is 2.56. The van der Waals surface area contributed by atoms with Crippen LogP contribution in [-0.4, -0.2) is 23.0 Å². The minimum atomic E-state index is -0.317. The number of nitrogen functional groups attached to an aromatic ring is 1. The molecule has 0 saturated carbocycles. The molecule has 0 radical (unpaired) electrons. The first-order valence-electron chi connectivity index (χ1n) is 5.37. The van der Waals surface area contributed by atoms with E-state index in [0.717, 1.165) is 0 Å². The molecule has 3 N–H and O–H groups in total. The van der Waals surface area contributed by atoms with Gasteiger partial charge in [-0.1, -0.05) is 6.07 Å². The lowest BCUT2D eigenvalue weighted by molar-refractivity contribution is 0.0993. The summed E-state index contributed by atoms with van der Waals surface area (Å²) in [5.41, 5.74) is 6.30. The van der Waals surface area contributed by atoms with Crippen molar-refractivity contribution in [2.75, 3.05) is 17.7 Å². The van der Waals surface area contributed by atoms with E-state index in [-0.39, 0.29) is 17.2 Å². The number of phenols is 1. The number of rotatable bonds is 2. The molecule has 0 unspecified atom stereocenters. The van der Waals surface area contributed by atoms with Crippen LogP contribution in [-0.2, 0) is 0 Å². The van der Waals surface area contributed by atoms with Gasteiger partial charge in [-0.3, -0.25) is 9.69 Å². The highest BCUT2D eigenvalue weighted by Gasteiger charge is 2.17. The van der Waals surface area contributed by atoms with E-state index in [1.165, 1.54) is 23.1 Å². The number of anilines is 2. The van der Waals surface area contributed by atoms with Crippen LogP contribution >= 0.6 is 0 Å². The van der Waals surface area contributed by atoms with Crippen LogP contribution in [0, 0.1) is 0 Å². The zero-order valence-corrected chi connectivity index (χ0v) is 9.87. The van der Waals surface area contributed by atoms with Crippen LogP contribution in [0.25, 0.3) is 0 Å². The first kappa shape index (κ1) is 11.9. The summed E-state index contributed by atoms with van der Waals surface area (Å²) >= 11 is 0. The molecular formula is C13H13N3O2. The van der Waals surface area contributed by atoms with Crippen LogP contribution in [0.4, 0.5) is 11.5 Å². The van der Waals surface area contributed by atoms with Crippen molar-refractivity contribution in [2.24, 2.45) is 0 Å². The van der Waals surface area contributed by atoms with Gasteiger partial charge >= 0.3 is 0 Å². The fraction of sp³-hybridized carbons (Fsp3) is 0.0769. The second kappa shape index (κ2) is 4.75. The van der Waals surface area contributed by atoms with Gasteiger partial charge in [0.15, 0.2) is 0 Å². The Morgan fingerprint density at radius 1 is 1.33 bits per heavy atom. The lowest BCUT2D eigenvalue weighted by Gasteiger charge is -2.17. The number of carbonyl (C=O) groups is 1. The molecule has 92 valence electrons. The largest absolute Gasteiger partial charge is 0.508 e. The van der Waals surface area contributed by atoms with E-state index in [9.17, 15) is 9.90 Å². The van der Waals surface area contributed by atoms with Crippen molar-refractivity contribution in [1.82, 2.24) is 4.98 Å². The Labute approximate surface area is 104 Å². The summed E-state index contributed by atoms with van der Waals surface area (Å²) in [5, 5.41) is 9.40. The number of nitrogens with two attached hydrogens (primary N) is 1. The fourth-order valence-corrected chi connectivity index (χ4v) is 1.57. The Bertz CT molecular complexity index is 570. The number of benzene rings is 1. The summed E-state index contributed by atoms with van der Waals surface area (Å²) in [6, 6.07) is 9.55. The van der Waals surface area contributed by atoms with Crippen molar-refractivity contribution >= 4 is 17.4 Å². The molecule has 1 aromatic heterocycles. The van der Waals surface area contributed by atoms with Crippen LogP contribution in [0.5, 0.6) is 5.75 Å². The molecule has 1 heterocycles. The Hall–Kier alpha value is -2.56. The molecule has 0 aliphatic carbocycles. The Morgan fingerprint density at radius 2 is 2.11 bits per heavy atom. The molecule has 2 rings (SSSR count). The molecule has 0 atom stereocenters. The molecule has 18 heavy (non-hydrogen) atoms. The topological polar surface area (TPSA) is 79.5 Å². The molecule has 5 heteroatoms. The van der Waals surface area contributed by atoms with Gasteiger partial charge in [-0.05, 0) is 30.3 Å². The van der Waals surface area contributed by atoms with Gasteiger partial charge in [0.2, 0.25) is 0 Å².